The fourth-order valence-electron chi connectivity index (χ4n) is 2.33. The Labute approximate surface area is 99.0 Å². The van der Waals surface area contributed by atoms with Gasteiger partial charge in [0.2, 0.25) is 0 Å². The van der Waals surface area contributed by atoms with Crippen LogP contribution in [-0.2, 0) is 0 Å². The van der Waals surface area contributed by atoms with Crippen LogP contribution in [0, 0.1) is 0 Å². The van der Waals surface area contributed by atoms with Gasteiger partial charge in [-0.2, -0.15) is 11.8 Å². The molecule has 0 atom stereocenters. The Balaban J connectivity index is 2.40. The van der Waals surface area contributed by atoms with Gasteiger partial charge in [-0.3, -0.25) is 4.90 Å². The summed E-state index contributed by atoms with van der Waals surface area (Å²) in [7, 11) is 2.26. The first-order chi connectivity index (χ1) is 7.25. The minimum absolute atomic E-state index is 0.318. The van der Waals surface area contributed by atoms with Gasteiger partial charge in [0.05, 0.1) is 0 Å². The molecule has 1 aliphatic rings. The maximum atomic E-state index is 5.99. The molecule has 0 radical (unpaired) electrons. The first-order valence-electron chi connectivity index (χ1n) is 6.24. The summed E-state index contributed by atoms with van der Waals surface area (Å²) in [4.78, 5) is 2.53. The smallest absolute Gasteiger partial charge is 0.0344 e. The second-order valence-corrected chi connectivity index (χ2v) is 5.89. The lowest BCUT2D eigenvalue weighted by molar-refractivity contribution is 0.113. The number of hydrogen-bond acceptors (Lipinski definition) is 3. The standard InChI is InChI=1S/C12H26N2S/c1-3-4-5-8-14(2)12(11-13)6-9-15-10-7-12/h3-11,13H2,1-2H3. The molecule has 0 aromatic rings. The third-order valence-electron chi connectivity index (χ3n) is 3.71. The van der Waals surface area contributed by atoms with E-state index in [1.807, 2.05) is 0 Å². The highest BCUT2D eigenvalue weighted by Crippen LogP contribution is 2.31. The van der Waals surface area contributed by atoms with E-state index in [4.69, 9.17) is 5.73 Å². The van der Waals surface area contributed by atoms with E-state index in [-0.39, 0.29) is 0 Å². The molecule has 0 amide bonds. The highest BCUT2D eigenvalue weighted by molar-refractivity contribution is 7.99. The van der Waals surface area contributed by atoms with E-state index < -0.39 is 0 Å². The molecule has 0 unspecified atom stereocenters. The van der Waals surface area contributed by atoms with E-state index in [0.717, 1.165) is 6.54 Å². The number of likely N-dealkylation sites (N-methyl/N-ethyl adjacent to an activating group) is 1. The van der Waals surface area contributed by atoms with Crippen molar-refractivity contribution in [1.82, 2.24) is 4.90 Å². The molecule has 0 spiro atoms. The Kier molecular flexibility index (Phi) is 6.02. The number of hydrogen-bond donors (Lipinski definition) is 1. The molecule has 0 aromatic carbocycles. The lowest BCUT2D eigenvalue weighted by atomic mass is 9.90. The van der Waals surface area contributed by atoms with Crippen LogP contribution < -0.4 is 5.73 Å². The second-order valence-electron chi connectivity index (χ2n) is 4.67. The van der Waals surface area contributed by atoms with E-state index in [0.29, 0.717) is 5.54 Å². The summed E-state index contributed by atoms with van der Waals surface area (Å²) in [5.41, 5.74) is 6.31. The molecule has 15 heavy (non-hydrogen) atoms. The van der Waals surface area contributed by atoms with Gasteiger partial charge in [0, 0.05) is 12.1 Å². The minimum Gasteiger partial charge on any atom is -0.329 e. The summed E-state index contributed by atoms with van der Waals surface area (Å²) in [6.45, 7) is 4.31. The van der Waals surface area contributed by atoms with Crippen LogP contribution in [0.5, 0.6) is 0 Å². The molecule has 0 aliphatic carbocycles. The Morgan fingerprint density at radius 2 is 1.93 bits per heavy atom. The average Bonchev–Trinajstić information content (AvgIpc) is 2.30. The fourth-order valence-corrected chi connectivity index (χ4v) is 3.58. The molecular formula is C12H26N2S. The van der Waals surface area contributed by atoms with E-state index >= 15 is 0 Å². The van der Waals surface area contributed by atoms with Crippen LogP contribution in [0.2, 0.25) is 0 Å². The minimum atomic E-state index is 0.318. The van der Waals surface area contributed by atoms with E-state index in [2.05, 4.69) is 30.6 Å². The summed E-state index contributed by atoms with van der Waals surface area (Å²) in [6.07, 6.45) is 6.52. The van der Waals surface area contributed by atoms with Crippen molar-refractivity contribution in [2.24, 2.45) is 5.73 Å². The Bertz CT molecular complexity index is 167. The molecule has 1 aliphatic heterocycles. The molecular weight excluding hydrogens is 204 g/mol. The van der Waals surface area contributed by atoms with E-state index in [1.54, 1.807) is 0 Å². The van der Waals surface area contributed by atoms with Crippen molar-refractivity contribution >= 4 is 11.8 Å². The summed E-state index contributed by atoms with van der Waals surface area (Å²) in [5, 5.41) is 0. The van der Waals surface area contributed by atoms with Crippen LogP contribution >= 0.6 is 11.8 Å². The maximum Gasteiger partial charge on any atom is 0.0344 e. The summed E-state index contributed by atoms with van der Waals surface area (Å²) >= 11 is 2.08. The largest absolute Gasteiger partial charge is 0.329 e. The van der Waals surface area contributed by atoms with Gasteiger partial charge in [0.15, 0.2) is 0 Å². The highest BCUT2D eigenvalue weighted by atomic mass is 32.2. The van der Waals surface area contributed by atoms with Gasteiger partial charge >= 0.3 is 0 Å². The third-order valence-corrected chi connectivity index (χ3v) is 4.70. The zero-order valence-corrected chi connectivity index (χ0v) is 11.1. The SMILES string of the molecule is CCCCCN(C)C1(CN)CCSCC1. The molecule has 90 valence electrons. The molecule has 1 rings (SSSR count). The van der Waals surface area contributed by atoms with Crippen LogP contribution in [0.15, 0.2) is 0 Å². The fraction of sp³-hybridized carbons (Fsp3) is 1.00. The van der Waals surface area contributed by atoms with Gasteiger partial charge in [0.1, 0.15) is 0 Å². The van der Waals surface area contributed by atoms with Gasteiger partial charge in [-0.15, -0.1) is 0 Å². The Morgan fingerprint density at radius 3 is 2.47 bits per heavy atom. The molecule has 2 N–H and O–H groups in total. The van der Waals surface area contributed by atoms with E-state index in [9.17, 15) is 0 Å². The van der Waals surface area contributed by atoms with Crippen molar-refractivity contribution in [3.05, 3.63) is 0 Å². The van der Waals surface area contributed by atoms with Crippen molar-refractivity contribution in [2.75, 3.05) is 31.6 Å². The molecule has 1 saturated heterocycles. The summed E-state index contributed by atoms with van der Waals surface area (Å²) in [5.74, 6) is 2.57. The van der Waals surface area contributed by atoms with Gasteiger partial charge in [-0.25, -0.2) is 0 Å². The van der Waals surface area contributed by atoms with Crippen molar-refractivity contribution in [3.8, 4) is 0 Å². The van der Waals surface area contributed by atoms with Crippen molar-refractivity contribution in [3.63, 3.8) is 0 Å². The monoisotopic (exact) mass is 230 g/mol. The van der Waals surface area contributed by atoms with Crippen molar-refractivity contribution < 1.29 is 0 Å². The van der Waals surface area contributed by atoms with Crippen LogP contribution in [0.25, 0.3) is 0 Å². The third kappa shape index (κ3) is 3.65. The van der Waals surface area contributed by atoms with Gasteiger partial charge < -0.3 is 5.73 Å². The lowest BCUT2D eigenvalue weighted by Crippen LogP contribution is -2.54. The second kappa shape index (κ2) is 6.77. The molecule has 1 fully saturated rings. The zero-order valence-electron chi connectivity index (χ0n) is 10.3. The van der Waals surface area contributed by atoms with Crippen LogP contribution in [-0.4, -0.2) is 42.1 Å². The van der Waals surface area contributed by atoms with Gasteiger partial charge in [0.25, 0.3) is 0 Å². The van der Waals surface area contributed by atoms with Crippen molar-refractivity contribution in [1.29, 1.82) is 0 Å². The molecule has 0 bridgehead atoms. The van der Waals surface area contributed by atoms with Gasteiger partial charge in [-0.05, 0) is 44.4 Å². The highest BCUT2D eigenvalue weighted by Gasteiger charge is 2.34. The summed E-state index contributed by atoms with van der Waals surface area (Å²) in [6, 6.07) is 0. The number of thioether (sulfide) groups is 1. The quantitative estimate of drug-likeness (QED) is 0.710. The van der Waals surface area contributed by atoms with E-state index in [1.165, 1.54) is 50.2 Å². The molecule has 0 saturated carbocycles. The molecule has 2 nitrogen and oxygen atoms in total. The average molecular weight is 230 g/mol. The molecule has 3 heteroatoms. The van der Waals surface area contributed by atoms with Crippen LogP contribution in [0.4, 0.5) is 0 Å². The summed E-state index contributed by atoms with van der Waals surface area (Å²) < 4.78 is 0. The molecule has 1 heterocycles. The number of unbranched alkanes of at least 4 members (excludes halogenated alkanes) is 2. The predicted octanol–water partition coefficient (Wildman–Crippen LogP) is 2.33. The van der Waals surface area contributed by atoms with Crippen LogP contribution in [0.3, 0.4) is 0 Å². The first-order valence-corrected chi connectivity index (χ1v) is 7.40. The number of rotatable bonds is 6. The normalized spacial score (nSPS) is 20.8. The number of nitrogens with two attached hydrogens (primary N) is 1. The Morgan fingerprint density at radius 1 is 1.27 bits per heavy atom. The van der Waals surface area contributed by atoms with Crippen molar-refractivity contribution in [2.45, 2.75) is 44.6 Å². The zero-order chi connectivity index (χ0) is 11.1. The first kappa shape index (κ1) is 13.3. The molecule has 0 aromatic heterocycles. The number of nitrogens with zero attached hydrogens (tertiary/aromatic N) is 1. The lowest BCUT2D eigenvalue weighted by Gasteiger charge is -2.44. The predicted molar refractivity (Wildman–Crippen MR) is 70.5 cm³/mol. The van der Waals surface area contributed by atoms with Gasteiger partial charge in [-0.1, -0.05) is 19.8 Å². The topological polar surface area (TPSA) is 29.3 Å². The Hall–Kier alpha value is 0.270. The van der Waals surface area contributed by atoms with Crippen LogP contribution in [0.1, 0.15) is 39.0 Å². The maximum absolute atomic E-state index is 5.99.